The Bertz CT molecular complexity index is 154. The summed E-state index contributed by atoms with van der Waals surface area (Å²) >= 11 is 0. The molecule has 0 amide bonds. The van der Waals surface area contributed by atoms with Crippen LogP contribution in [0.4, 0.5) is 4.39 Å². The number of nitrogens with zero attached hydrogens (tertiary/aromatic N) is 1. The van der Waals surface area contributed by atoms with Crippen LogP contribution in [0.25, 0.3) is 0 Å². The van der Waals surface area contributed by atoms with Crippen molar-refractivity contribution < 1.29 is 4.39 Å². The Morgan fingerprint density at radius 2 is 2.17 bits per heavy atom. The van der Waals surface area contributed by atoms with Gasteiger partial charge in [0.2, 0.25) is 0 Å². The molecular weight excluding hydrogens is 153 g/mol. The molecule has 2 fully saturated rings. The summed E-state index contributed by atoms with van der Waals surface area (Å²) < 4.78 is 12.8. The molecule has 1 aliphatic carbocycles. The fraction of sp³-hybridized carbons (Fsp3) is 1.00. The van der Waals surface area contributed by atoms with Gasteiger partial charge in [0.1, 0.15) is 6.17 Å². The standard InChI is InChI=1S/C10H18FN/c1-8-4-9(5-8)6-12-3-2-10(11)7-12/h8-10H,2-7H2,1H3. The molecule has 70 valence electrons. The van der Waals surface area contributed by atoms with Gasteiger partial charge in [0.05, 0.1) is 0 Å². The molecule has 2 aliphatic rings. The van der Waals surface area contributed by atoms with Crippen LogP contribution in [-0.4, -0.2) is 30.7 Å². The zero-order valence-electron chi connectivity index (χ0n) is 7.80. The molecule has 0 N–H and O–H groups in total. The average molecular weight is 171 g/mol. The van der Waals surface area contributed by atoms with Crippen LogP contribution < -0.4 is 0 Å². The van der Waals surface area contributed by atoms with Gasteiger partial charge in [-0.3, -0.25) is 0 Å². The van der Waals surface area contributed by atoms with Crippen molar-refractivity contribution in [1.29, 1.82) is 0 Å². The molecular formula is C10H18FN. The predicted octanol–water partition coefficient (Wildman–Crippen LogP) is 2.08. The minimum absolute atomic E-state index is 0.539. The molecule has 1 aliphatic heterocycles. The van der Waals surface area contributed by atoms with E-state index in [1.54, 1.807) is 0 Å². The van der Waals surface area contributed by atoms with Gasteiger partial charge in [-0.2, -0.15) is 0 Å². The summed E-state index contributed by atoms with van der Waals surface area (Å²) in [5.74, 6) is 1.81. The molecule has 0 aromatic heterocycles. The minimum atomic E-state index is -0.539. The molecule has 0 aromatic carbocycles. The largest absolute Gasteiger partial charge is 0.300 e. The second kappa shape index (κ2) is 3.33. The Hall–Kier alpha value is -0.110. The van der Waals surface area contributed by atoms with Crippen LogP contribution in [0.5, 0.6) is 0 Å². The van der Waals surface area contributed by atoms with Crippen molar-refractivity contribution in [2.24, 2.45) is 11.8 Å². The number of hydrogen-bond acceptors (Lipinski definition) is 1. The van der Waals surface area contributed by atoms with Crippen molar-refractivity contribution >= 4 is 0 Å². The summed E-state index contributed by atoms with van der Waals surface area (Å²) in [7, 11) is 0. The van der Waals surface area contributed by atoms with Crippen LogP contribution in [0, 0.1) is 11.8 Å². The lowest BCUT2D eigenvalue weighted by Gasteiger charge is -2.35. The summed E-state index contributed by atoms with van der Waals surface area (Å²) in [6.45, 7) is 5.15. The number of alkyl halides is 1. The highest BCUT2D eigenvalue weighted by molar-refractivity contribution is 4.82. The van der Waals surface area contributed by atoms with E-state index >= 15 is 0 Å². The van der Waals surface area contributed by atoms with Gasteiger partial charge in [0.15, 0.2) is 0 Å². The number of hydrogen-bond donors (Lipinski definition) is 0. The Kier molecular flexibility index (Phi) is 2.35. The highest BCUT2D eigenvalue weighted by Gasteiger charge is 2.30. The smallest absolute Gasteiger partial charge is 0.114 e. The molecule has 12 heavy (non-hydrogen) atoms. The van der Waals surface area contributed by atoms with Crippen molar-refractivity contribution in [1.82, 2.24) is 4.90 Å². The first-order valence-corrected chi connectivity index (χ1v) is 5.10. The quantitative estimate of drug-likeness (QED) is 0.615. The Labute approximate surface area is 73.9 Å². The molecule has 1 nitrogen and oxygen atoms in total. The Balaban J connectivity index is 1.67. The SMILES string of the molecule is CC1CC(CN2CCC(F)C2)C1. The third-order valence-corrected chi connectivity index (χ3v) is 3.20. The summed E-state index contributed by atoms with van der Waals surface area (Å²) in [5.41, 5.74) is 0. The van der Waals surface area contributed by atoms with E-state index in [4.69, 9.17) is 0 Å². The van der Waals surface area contributed by atoms with Crippen molar-refractivity contribution in [3.63, 3.8) is 0 Å². The van der Waals surface area contributed by atoms with Gasteiger partial charge in [0, 0.05) is 19.6 Å². The molecule has 2 rings (SSSR count). The van der Waals surface area contributed by atoms with Gasteiger partial charge >= 0.3 is 0 Å². The molecule has 1 saturated carbocycles. The van der Waals surface area contributed by atoms with Crippen molar-refractivity contribution in [3.05, 3.63) is 0 Å². The van der Waals surface area contributed by atoms with Crippen molar-refractivity contribution in [2.75, 3.05) is 19.6 Å². The Morgan fingerprint density at radius 3 is 2.67 bits per heavy atom. The molecule has 0 aromatic rings. The second-order valence-corrected chi connectivity index (χ2v) is 4.59. The lowest BCUT2D eigenvalue weighted by molar-refractivity contribution is 0.145. The van der Waals surface area contributed by atoms with E-state index < -0.39 is 6.17 Å². The molecule has 1 unspecified atom stereocenters. The maximum absolute atomic E-state index is 12.8. The van der Waals surface area contributed by atoms with Crippen LogP contribution in [0.15, 0.2) is 0 Å². The fourth-order valence-electron chi connectivity index (χ4n) is 2.53. The van der Waals surface area contributed by atoms with Gasteiger partial charge in [0.25, 0.3) is 0 Å². The number of rotatable bonds is 2. The first kappa shape index (κ1) is 8.49. The summed E-state index contributed by atoms with van der Waals surface area (Å²) in [4.78, 5) is 2.29. The highest BCUT2D eigenvalue weighted by Crippen LogP contribution is 2.34. The fourth-order valence-corrected chi connectivity index (χ4v) is 2.53. The highest BCUT2D eigenvalue weighted by atomic mass is 19.1. The molecule has 1 atom stereocenters. The van der Waals surface area contributed by atoms with Gasteiger partial charge in [-0.15, -0.1) is 0 Å². The van der Waals surface area contributed by atoms with Gasteiger partial charge in [-0.05, 0) is 31.1 Å². The number of likely N-dealkylation sites (tertiary alicyclic amines) is 1. The molecule has 0 radical (unpaired) electrons. The zero-order valence-corrected chi connectivity index (χ0v) is 7.80. The van der Waals surface area contributed by atoms with E-state index in [1.807, 2.05) is 0 Å². The van der Waals surface area contributed by atoms with Crippen LogP contribution in [-0.2, 0) is 0 Å². The van der Waals surface area contributed by atoms with Gasteiger partial charge < -0.3 is 4.90 Å². The van der Waals surface area contributed by atoms with Crippen LogP contribution in [0.1, 0.15) is 26.2 Å². The van der Waals surface area contributed by atoms with Gasteiger partial charge in [-0.1, -0.05) is 6.92 Å². The van der Waals surface area contributed by atoms with E-state index in [1.165, 1.54) is 12.8 Å². The minimum Gasteiger partial charge on any atom is -0.300 e. The van der Waals surface area contributed by atoms with Crippen molar-refractivity contribution in [3.8, 4) is 0 Å². The van der Waals surface area contributed by atoms with E-state index in [0.29, 0.717) is 6.54 Å². The summed E-state index contributed by atoms with van der Waals surface area (Å²) in [5, 5.41) is 0. The van der Waals surface area contributed by atoms with Crippen LogP contribution in [0.2, 0.25) is 0 Å². The van der Waals surface area contributed by atoms with E-state index in [0.717, 1.165) is 31.3 Å². The van der Waals surface area contributed by atoms with Gasteiger partial charge in [-0.25, -0.2) is 4.39 Å². The first-order valence-electron chi connectivity index (χ1n) is 5.10. The van der Waals surface area contributed by atoms with E-state index in [9.17, 15) is 4.39 Å². The molecule has 1 saturated heterocycles. The Morgan fingerprint density at radius 1 is 1.42 bits per heavy atom. The topological polar surface area (TPSA) is 3.24 Å². The average Bonchev–Trinajstić information content (AvgIpc) is 2.33. The zero-order chi connectivity index (χ0) is 8.55. The third kappa shape index (κ3) is 1.79. The lowest BCUT2D eigenvalue weighted by atomic mass is 9.76. The van der Waals surface area contributed by atoms with Crippen LogP contribution >= 0.6 is 0 Å². The molecule has 0 bridgehead atoms. The number of halogens is 1. The lowest BCUT2D eigenvalue weighted by Crippen LogP contribution is -2.34. The van der Waals surface area contributed by atoms with Crippen LogP contribution in [0.3, 0.4) is 0 Å². The second-order valence-electron chi connectivity index (χ2n) is 4.59. The summed E-state index contributed by atoms with van der Waals surface area (Å²) in [6, 6.07) is 0. The predicted molar refractivity (Wildman–Crippen MR) is 47.8 cm³/mol. The molecule has 2 heteroatoms. The van der Waals surface area contributed by atoms with E-state index in [2.05, 4.69) is 11.8 Å². The summed E-state index contributed by atoms with van der Waals surface area (Å²) in [6.07, 6.45) is 2.96. The maximum atomic E-state index is 12.8. The van der Waals surface area contributed by atoms with E-state index in [-0.39, 0.29) is 0 Å². The molecule has 1 heterocycles. The normalized spacial score (nSPS) is 43.0. The molecule has 0 spiro atoms. The monoisotopic (exact) mass is 171 g/mol. The van der Waals surface area contributed by atoms with Crippen molar-refractivity contribution in [2.45, 2.75) is 32.4 Å². The maximum Gasteiger partial charge on any atom is 0.114 e. The third-order valence-electron chi connectivity index (χ3n) is 3.20. The first-order chi connectivity index (χ1) is 5.74.